The van der Waals surface area contributed by atoms with Crippen molar-refractivity contribution in [3.63, 3.8) is 0 Å². The lowest BCUT2D eigenvalue weighted by molar-refractivity contribution is -0.164. The van der Waals surface area contributed by atoms with Crippen molar-refractivity contribution in [2.24, 2.45) is 5.92 Å². The fourth-order valence-corrected chi connectivity index (χ4v) is 5.49. The number of aryl methyl sites for hydroxylation is 2. The largest absolute Gasteiger partial charge is 0.511 e. The SMILES string of the molecule is Cc1cnc(C(C)(C)C)c(SC2=C(O)CC(CCc3ccc(F)cc3)(C(C)C)OC2=O)c1CO. The summed E-state index contributed by atoms with van der Waals surface area (Å²) in [5.74, 6) is -0.924. The molecule has 2 N–H and O–H groups in total. The molecule has 34 heavy (non-hydrogen) atoms. The number of cyclic esters (lactones) is 1. The molecule has 1 aromatic heterocycles. The van der Waals surface area contributed by atoms with E-state index in [1.54, 1.807) is 18.3 Å². The number of halogens is 1. The van der Waals surface area contributed by atoms with Crippen molar-refractivity contribution in [1.82, 2.24) is 4.98 Å². The van der Waals surface area contributed by atoms with E-state index in [9.17, 15) is 19.4 Å². The molecule has 5 nitrogen and oxygen atoms in total. The molecule has 0 aliphatic carbocycles. The molecular weight excluding hydrogens is 453 g/mol. The van der Waals surface area contributed by atoms with Crippen LogP contribution in [0.4, 0.5) is 4.39 Å². The first kappa shape index (κ1) is 26.2. The summed E-state index contributed by atoms with van der Waals surface area (Å²) >= 11 is 1.12. The molecular formula is C27H34FNO4S. The van der Waals surface area contributed by atoms with Crippen LogP contribution in [-0.4, -0.2) is 26.8 Å². The van der Waals surface area contributed by atoms with Crippen LogP contribution in [0.15, 0.2) is 46.0 Å². The van der Waals surface area contributed by atoms with E-state index in [-0.39, 0.29) is 40.8 Å². The molecule has 1 aliphatic rings. The van der Waals surface area contributed by atoms with Crippen LogP contribution in [0.5, 0.6) is 0 Å². The second-order valence-electron chi connectivity index (χ2n) is 10.3. The van der Waals surface area contributed by atoms with Crippen LogP contribution in [-0.2, 0) is 28.0 Å². The van der Waals surface area contributed by atoms with Gasteiger partial charge < -0.3 is 14.9 Å². The Morgan fingerprint density at radius 2 is 1.88 bits per heavy atom. The first-order chi connectivity index (χ1) is 15.9. The molecule has 0 radical (unpaired) electrons. The van der Waals surface area contributed by atoms with Gasteiger partial charge in [0, 0.05) is 22.9 Å². The number of thioether (sulfide) groups is 1. The van der Waals surface area contributed by atoms with Crippen LogP contribution in [0.1, 0.15) is 69.8 Å². The van der Waals surface area contributed by atoms with Crippen molar-refractivity contribution in [3.8, 4) is 0 Å². The zero-order valence-electron chi connectivity index (χ0n) is 20.7. The number of aliphatic hydroxyl groups excluding tert-OH is 2. The molecule has 1 aliphatic heterocycles. The van der Waals surface area contributed by atoms with Crippen LogP contribution >= 0.6 is 11.8 Å². The predicted octanol–water partition coefficient (Wildman–Crippen LogP) is 6.16. The lowest BCUT2D eigenvalue weighted by atomic mass is 9.80. The Hall–Kier alpha value is -2.38. The standard InChI is InChI=1S/C27H34FNO4S/c1-16(2)27(12-11-18-7-9-19(28)10-8-18)13-21(31)23(25(32)33-27)34-22-20(15-30)17(3)14-29-24(22)26(4,5)6/h7-10,14,16,30-31H,11-13,15H2,1-6H3. The molecule has 0 bridgehead atoms. The molecule has 2 heterocycles. The fraction of sp³-hybridized carbons (Fsp3) is 0.481. The molecule has 0 spiro atoms. The maximum Gasteiger partial charge on any atom is 0.349 e. The number of aromatic nitrogens is 1. The normalized spacial score (nSPS) is 19.0. The van der Waals surface area contributed by atoms with E-state index >= 15 is 0 Å². The lowest BCUT2D eigenvalue weighted by Crippen LogP contribution is -2.44. The van der Waals surface area contributed by atoms with Crippen molar-refractivity contribution in [2.75, 3.05) is 0 Å². The van der Waals surface area contributed by atoms with Gasteiger partial charge in [0.25, 0.3) is 0 Å². The summed E-state index contributed by atoms with van der Waals surface area (Å²) in [5, 5.41) is 21.1. The van der Waals surface area contributed by atoms with Gasteiger partial charge in [-0.3, -0.25) is 4.98 Å². The minimum atomic E-state index is -0.864. The number of pyridine rings is 1. The Balaban J connectivity index is 1.94. The number of aliphatic hydroxyl groups is 2. The average molecular weight is 488 g/mol. The highest BCUT2D eigenvalue weighted by Gasteiger charge is 2.45. The number of carbonyl (C=O) groups is 1. The van der Waals surface area contributed by atoms with Gasteiger partial charge in [-0.25, -0.2) is 9.18 Å². The van der Waals surface area contributed by atoms with Crippen LogP contribution in [0, 0.1) is 18.7 Å². The Bertz CT molecular complexity index is 1090. The molecule has 1 unspecified atom stereocenters. The monoisotopic (exact) mass is 487 g/mol. The molecule has 0 saturated heterocycles. The van der Waals surface area contributed by atoms with Gasteiger partial charge >= 0.3 is 5.97 Å². The van der Waals surface area contributed by atoms with Crippen LogP contribution in [0.3, 0.4) is 0 Å². The highest BCUT2D eigenvalue weighted by atomic mass is 32.2. The maximum absolute atomic E-state index is 13.3. The summed E-state index contributed by atoms with van der Waals surface area (Å²) in [7, 11) is 0. The topological polar surface area (TPSA) is 79.7 Å². The van der Waals surface area contributed by atoms with Crippen LogP contribution in [0.25, 0.3) is 0 Å². The van der Waals surface area contributed by atoms with E-state index in [0.29, 0.717) is 23.3 Å². The Morgan fingerprint density at radius 1 is 1.24 bits per heavy atom. The molecule has 2 aromatic rings. The summed E-state index contributed by atoms with van der Waals surface area (Å²) in [6.07, 6.45) is 3.01. The molecule has 7 heteroatoms. The third-order valence-corrected chi connectivity index (χ3v) is 7.69. The number of hydrogen-bond donors (Lipinski definition) is 2. The molecule has 184 valence electrons. The number of nitrogens with zero attached hydrogens (tertiary/aromatic N) is 1. The third-order valence-electron chi connectivity index (χ3n) is 6.44. The Kier molecular flexibility index (Phi) is 7.78. The first-order valence-corrected chi connectivity index (χ1v) is 12.4. The second kappa shape index (κ2) is 10.1. The van der Waals surface area contributed by atoms with Crippen molar-refractivity contribution < 1.29 is 24.1 Å². The number of rotatable bonds is 7. The quantitative estimate of drug-likeness (QED) is 0.456. The minimum absolute atomic E-state index is 0.0145. The highest BCUT2D eigenvalue weighted by Crippen LogP contribution is 2.45. The van der Waals surface area contributed by atoms with Crippen LogP contribution < -0.4 is 0 Å². The summed E-state index contributed by atoms with van der Waals surface area (Å²) in [5.41, 5.74) is 2.00. The van der Waals surface area contributed by atoms with E-state index in [2.05, 4.69) is 4.98 Å². The number of carbonyl (C=O) groups excluding carboxylic acids is 1. The van der Waals surface area contributed by atoms with Gasteiger partial charge in [0.2, 0.25) is 0 Å². The van der Waals surface area contributed by atoms with Gasteiger partial charge in [0.15, 0.2) is 0 Å². The molecule has 0 saturated carbocycles. The van der Waals surface area contributed by atoms with Crippen molar-refractivity contribution in [3.05, 3.63) is 69.3 Å². The van der Waals surface area contributed by atoms with E-state index in [1.807, 2.05) is 41.5 Å². The lowest BCUT2D eigenvalue weighted by Gasteiger charge is -2.40. The molecule has 0 fully saturated rings. The average Bonchev–Trinajstić information content (AvgIpc) is 2.75. The fourth-order valence-electron chi connectivity index (χ4n) is 4.17. The third kappa shape index (κ3) is 5.47. The highest BCUT2D eigenvalue weighted by molar-refractivity contribution is 8.04. The molecule has 0 amide bonds. The number of hydrogen-bond acceptors (Lipinski definition) is 6. The van der Waals surface area contributed by atoms with Crippen molar-refractivity contribution in [2.45, 2.75) is 83.3 Å². The van der Waals surface area contributed by atoms with E-state index in [1.165, 1.54) is 12.1 Å². The minimum Gasteiger partial charge on any atom is -0.511 e. The first-order valence-electron chi connectivity index (χ1n) is 11.6. The van der Waals surface area contributed by atoms with Gasteiger partial charge in [0.05, 0.1) is 12.3 Å². The van der Waals surface area contributed by atoms with Crippen LogP contribution in [0.2, 0.25) is 0 Å². The Morgan fingerprint density at radius 3 is 2.41 bits per heavy atom. The van der Waals surface area contributed by atoms with Gasteiger partial charge in [0.1, 0.15) is 22.1 Å². The number of ether oxygens (including phenoxy) is 1. The summed E-state index contributed by atoms with van der Waals surface area (Å²) < 4.78 is 19.3. The molecule has 1 atom stereocenters. The van der Waals surface area contributed by atoms with E-state index in [0.717, 1.165) is 28.6 Å². The van der Waals surface area contributed by atoms with Gasteiger partial charge in [-0.1, -0.05) is 58.5 Å². The smallest absolute Gasteiger partial charge is 0.349 e. The maximum atomic E-state index is 13.3. The van der Waals surface area contributed by atoms with E-state index < -0.39 is 11.6 Å². The number of benzene rings is 1. The predicted molar refractivity (Wildman–Crippen MR) is 132 cm³/mol. The van der Waals surface area contributed by atoms with Gasteiger partial charge in [-0.15, -0.1) is 0 Å². The summed E-state index contributed by atoms with van der Waals surface area (Å²) in [6, 6.07) is 6.27. The zero-order chi connectivity index (χ0) is 25.3. The molecule has 3 rings (SSSR count). The van der Waals surface area contributed by atoms with Crippen molar-refractivity contribution >= 4 is 17.7 Å². The second-order valence-corrected chi connectivity index (χ2v) is 11.3. The van der Waals surface area contributed by atoms with Crippen molar-refractivity contribution in [1.29, 1.82) is 0 Å². The summed E-state index contributed by atoms with van der Waals surface area (Å²) in [6.45, 7) is 11.6. The van der Waals surface area contributed by atoms with Gasteiger partial charge in [-0.05, 0) is 54.5 Å². The van der Waals surface area contributed by atoms with Gasteiger partial charge in [-0.2, -0.15) is 0 Å². The summed E-state index contributed by atoms with van der Waals surface area (Å²) in [4.78, 5) is 18.6. The Labute approximate surface area is 205 Å². The number of esters is 1. The zero-order valence-corrected chi connectivity index (χ0v) is 21.6. The molecule has 1 aromatic carbocycles. The van der Waals surface area contributed by atoms with E-state index in [4.69, 9.17) is 4.74 Å².